The fourth-order valence-corrected chi connectivity index (χ4v) is 9.48. The van der Waals surface area contributed by atoms with Gasteiger partial charge < -0.3 is 20.2 Å². The number of aromatic nitrogens is 4. The van der Waals surface area contributed by atoms with Crippen LogP contribution < -0.4 is 15.5 Å². The minimum Gasteiger partial charge on any atom is -0.386 e. The van der Waals surface area contributed by atoms with Crippen molar-refractivity contribution in [2.75, 3.05) is 49.5 Å². The molecule has 316 valence electrons. The van der Waals surface area contributed by atoms with Gasteiger partial charge in [-0.1, -0.05) is 0 Å². The summed E-state index contributed by atoms with van der Waals surface area (Å²) < 4.78 is 33.9. The van der Waals surface area contributed by atoms with Gasteiger partial charge in [-0.25, -0.2) is 13.8 Å². The van der Waals surface area contributed by atoms with E-state index < -0.39 is 35.0 Å². The number of imide groups is 1. The molecule has 0 radical (unpaired) electrons. The Labute approximate surface area is 349 Å². The van der Waals surface area contributed by atoms with E-state index in [4.69, 9.17) is 5.10 Å². The van der Waals surface area contributed by atoms with E-state index in [1.165, 1.54) is 18.5 Å². The lowest BCUT2D eigenvalue weighted by atomic mass is 9.89. The lowest BCUT2D eigenvalue weighted by molar-refractivity contribution is -0.138. The van der Waals surface area contributed by atoms with Crippen LogP contribution in [0.25, 0.3) is 16.4 Å². The summed E-state index contributed by atoms with van der Waals surface area (Å²) in [4.78, 5) is 60.9. The molecule has 6 heterocycles. The number of piperidine rings is 1. The lowest BCUT2D eigenvalue weighted by Crippen LogP contribution is -2.59. The van der Waals surface area contributed by atoms with Crippen molar-refractivity contribution in [3.63, 3.8) is 0 Å². The average Bonchev–Trinajstić information content (AvgIpc) is 3.84. The molecule has 61 heavy (non-hydrogen) atoms. The number of halogens is 2. The van der Waals surface area contributed by atoms with Gasteiger partial charge in [0, 0.05) is 85.8 Å². The van der Waals surface area contributed by atoms with Crippen LogP contribution in [0.15, 0.2) is 55.0 Å². The Morgan fingerprint density at radius 3 is 2.33 bits per heavy atom. The number of rotatable bonds is 8. The number of benzene rings is 2. The van der Waals surface area contributed by atoms with E-state index in [9.17, 15) is 29.5 Å². The minimum atomic E-state index is -1.27. The average molecular weight is 833 g/mol. The second-order valence-corrected chi connectivity index (χ2v) is 17.2. The second-order valence-electron chi connectivity index (χ2n) is 17.2. The molecule has 4 amide bonds. The largest absolute Gasteiger partial charge is 0.386 e. The van der Waals surface area contributed by atoms with Crippen molar-refractivity contribution >= 4 is 51.4 Å². The third-order valence-corrected chi connectivity index (χ3v) is 12.9. The van der Waals surface area contributed by atoms with Gasteiger partial charge >= 0.3 is 0 Å². The van der Waals surface area contributed by atoms with E-state index in [1.54, 1.807) is 41.3 Å². The molecule has 0 unspecified atom stereocenters. The highest BCUT2D eigenvalue weighted by Gasteiger charge is 2.39. The van der Waals surface area contributed by atoms with Crippen LogP contribution in [0.3, 0.4) is 0 Å². The summed E-state index contributed by atoms with van der Waals surface area (Å²) in [6, 6.07) is 13.7. The molecule has 15 nitrogen and oxygen atoms in total. The van der Waals surface area contributed by atoms with Crippen LogP contribution in [-0.4, -0.2) is 103 Å². The number of hydrogen-bond donors (Lipinski definition) is 3. The van der Waals surface area contributed by atoms with E-state index in [1.807, 2.05) is 34.0 Å². The molecule has 0 bridgehead atoms. The standard InChI is InChI=1S/C44H46F2N10O5/c1-44(2,61)33-19-36-25(15-37(33)49-42(59)38-9-7-30-16-27(20-47)48-24-55(30)38)23-56(51-36)29-5-3-28(4-6-29)52-11-13-53(14-12-52)43(60)26-21-54(22-26)31-17-34(45)40(35(46)18-31)32-8-10-39(57)50-41(32)58/h7,9,15-19,23-24,26,28-29,32,61H,3-6,8,10-14,21-22H2,1-2H3,(H,49,59)(H,50,57,58)/t28?,29?,32-/m1/s1. The monoisotopic (exact) mass is 832 g/mol. The van der Waals surface area contributed by atoms with Crippen LogP contribution in [0.2, 0.25) is 0 Å². The van der Waals surface area contributed by atoms with E-state index in [0.717, 1.165) is 49.7 Å². The third kappa shape index (κ3) is 7.70. The van der Waals surface area contributed by atoms with Crippen LogP contribution in [0.1, 0.15) is 91.6 Å². The first-order chi connectivity index (χ1) is 29.2. The number of anilines is 2. The van der Waals surface area contributed by atoms with Gasteiger partial charge in [0.05, 0.1) is 34.5 Å². The maximum absolute atomic E-state index is 15.1. The summed E-state index contributed by atoms with van der Waals surface area (Å²) in [6.07, 6.45) is 7.33. The van der Waals surface area contributed by atoms with Gasteiger partial charge in [0.1, 0.15) is 35.4 Å². The minimum absolute atomic E-state index is 0.0214. The molecule has 17 heteroatoms. The molecular formula is C44H46F2N10O5. The summed E-state index contributed by atoms with van der Waals surface area (Å²) >= 11 is 0. The fraction of sp³-hybridized carbons (Fsp3) is 0.432. The molecule has 1 atom stereocenters. The molecule has 3 aromatic heterocycles. The third-order valence-electron chi connectivity index (χ3n) is 12.9. The summed E-state index contributed by atoms with van der Waals surface area (Å²) in [5.74, 6) is -4.48. The first-order valence-corrected chi connectivity index (χ1v) is 20.8. The number of piperazine rings is 1. The van der Waals surface area contributed by atoms with Gasteiger partial charge in [0.15, 0.2) is 0 Å². The van der Waals surface area contributed by atoms with Crippen molar-refractivity contribution in [1.29, 1.82) is 5.26 Å². The molecule has 5 aromatic rings. The van der Waals surface area contributed by atoms with Gasteiger partial charge in [-0.15, -0.1) is 0 Å². The normalized spacial score (nSPS) is 21.7. The summed E-state index contributed by atoms with van der Waals surface area (Å²) in [6.45, 7) is 6.82. The van der Waals surface area contributed by atoms with Crippen LogP contribution in [0, 0.1) is 28.9 Å². The predicted molar refractivity (Wildman–Crippen MR) is 219 cm³/mol. The number of fused-ring (bicyclic) bond motifs is 2. The maximum atomic E-state index is 15.1. The number of carbonyl (C=O) groups excluding carboxylic acids is 4. The van der Waals surface area contributed by atoms with Crippen molar-refractivity contribution in [2.45, 2.75) is 76.0 Å². The Hall–Kier alpha value is -6.25. The van der Waals surface area contributed by atoms with Crippen molar-refractivity contribution in [3.05, 3.63) is 89.1 Å². The predicted octanol–water partition coefficient (Wildman–Crippen LogP) is 4.60. The van der Waals surface area contributed by atoms with Crippen LogP contribution >= 0.6 is 0 Å². The Morgan fingerprint density at radius 2 is 1.66 bits per heavy atom. The topological polar surface area (TPSA) is 181 Å². The highest BCUT2D eigenvalue weighted by atomic mass is 19.1. The highest BCUT2D eigenvalue weighted by molar-refractivity contribution is 6.05. The lowest BCUT2D eigenvalue weighted by Gasteiger charge is -2.45. The summed E-state index contributed by atoms with van der Waals surface area (Å²) in [5.41, 5.74) is 1.70. The van der Waals surface area contributed by atoms with Gasteiger partial charge in [-0.2, -0.15) is 10.4 Å². The molecule has 4 aliphatic rings. The summed E-state index contributed by atoms with van der Waals surface area (Å²) in [7, 11) is 0. The zero-order valence-corrected chi connectivity index (χ0v) is 33.9. The van der Waals surface area contributed by atoms with Crippen molar-refractivity contribution < 1.29 is 33.1 Å². The molecule has 1 saturated carbocycles. The number of aliphatic hydroxyl groups is 1. The zero-order chi connectivity index (χ0) is 42.7. The zero-order valence-electron chi connectivity index (χ0n) is 33.9. The van der Waals surface area contributed by atoms with E-state index in [0.29, 0.717) is 60.4 Å². The molecule has 4 fully saturated rings. The smallest absolute Gasteiger partial charge is 0.272 e. The van der Waals surface area contributed by atoms with Crippen LogP contribution in [0.5, 0.6) is 0 Å². The Morgan fingerprint density at radius 1 is 0.951 bits per heavy atom. The molecule has 3 aliphatic heterocycles. The van der Waals surface area contributed by atoms with Gasteiger partial charge in [0.2, 0.25) is 17.7 Å². The quantitative estimate of drug-likeness (QED) is 0.187. The van der Waals surface area contributed by atoms with E-state index in [2.05, 4.69) is 20.5 Å². The molecule has 3 saturated heterocycles. The molecule has 0 spiro atoms. The SMILES string of the molecule is CC(C)(O)c1cc2nn(C3CCC(N4CCN(C(=O)C5CN(c6cc(F)c([C@H]7CCC(=O)NC7=O)c(F)c6)C5)CC4)CC3)cc2cc1NC(=O)c1ccc2cc(C#N)ncn12. The summed E-state index contributed by atoms with van der Waals surface area (Å²) in [5, 5.41) is 31.2. The maximum Gasteiger partial charge on any atom is 0.272 e. The van der Waals surface area contributed by atoms with Gasteiger partial charge in [0.25, 0.3) is 5.91 Å². The molecule has 9 rings (SSSR count). The van der Waals surface area contributed by atoms with E-state index in [-0.39, 0.29) is 47.9 Å². The number of nitriles is 1. The molecule has 3 N–H and O–H groups in total. The Balaban J connectivity index is 0.778. The van der Waals surface area contributed by atoms with Crippen LogP contribution in [-0.2, 0) is 20.0 Å². The second kappa shape index (κ2) is 15.7. The van der Waals surface area contributed by atoms with Crippen molar-refractivity contribution in [1.82, 2.24) is 34.3 Å². The number of carbonyl (C=O) groups is 4. The molecular weight excluding hydrogens is 787 g/mol. The Kier molecular flexibility index (Phi) is 10.3. The van der Waals surface area contributed by atoms with Crippen molar-refractivity contribution in [3.8, 4) is 6.07 Å². The number of nitrogens with zero attached hydrogens (tertiary/aromatic N) is 8. The van der Waals surface area contributed by atoms with Gasteiger partial charge in [-0.3, -0.25) is 38.5 Å². The van der Waals surface area contributed by atoms with Gasteiger partial charge in [-0.05, 0) is 88.4 Å². The first kappa shape index (κ1) is 40.2. The number of hydrogen-bond acceptors (Lipinski definition) is 10. The Bertz CT molecular complexity index is 2600. The first-order valence-electron chi connectivity index (χ1n) is 20.8. The van der Waals surface area contributed by atoms with E-state index >= 15 is 8.78 Å². The number of amides is 4. The van der Waals surface area contributed by atoms with Crippen LogP contribution in [0.4, 0.5) is 20.2 Å². The number of nitrogens with one attached hydrogen (secondary N) is 2. The fourth-order valence-electron chi connectivity index (χ4n) is 9.48. The molecule has 2 aromatic carbocycles. The highest BCUT2D eigenvalue weighted by Crippen LogP contribution is 2.37. The molecule has 1 aliphatic carbocycles. The van der Waals surface area contributed by atoms with Crippen molar-refractivity contribution in [2.24, 2.45) is 5.92 Å².